The molecular formula is C12H13NO4S. The van der Waals surface area contributed by atoms with Crippen LogP contribution in [0.5, 0.6) is 0 Å². The molecule has 0 radical (unpaired) electrons. The van der Waals surface area contributed by atoms with Gasteiger partial charge >= 0.3 is 5.97 Å². The van der Waals surface area contributed by atoms with E-state index in [-0.39, 0.29) is 5.91 Å². The Hall–Kier alpha value is -1.66. The van der Waals surface area contributed by atoms with Gasteiger partial charge in [0.2, 0.25) is 0 Å². The van der Waals surface area contributed by atoms with E-state index in [1.807, 2.05) is 0 Å². The molecule has 96 valence electrons. The topological polar surface area (TPSA) is 66.8 Å². The third-order valence-electron chi connectivity index (χ3n) is 2.53. The minimum atomic E-state index is -0.996. The van der Waals surface area contributed by atoms with Crippen LogP contribution in [0.15, 0.2) is 18.2 Å². The molecule has 1 N–H and O–H groups in total. The van der Waals surface area contributed by atoms with Crippen LogP contribution in [-0.2, 0) is 9.53 Å². The second-order valence-electron chi connectivity index (χ2n) is 3.78. The highest BCUT2D eigenvalue weighted by Gasteiger charge is 2.19. The number of rotatable bonds is 3. The molecule has 6 heteroatoms. The Morgan fingerprint density at radius 2 is 2.06 bits per heavy atom. The van der Waals surface area contributed by atoms with Crippen LogP contribution in [0.25, 0.3) is 6.08 Å². The summed E-state index contributed by atoms with van der Waals surface area (Å²) in [7, 11) is 0. The average molecular weight is 267 g/mol. The Labute approximate surface area is 108 Å². The zero-order valence-electron chi connectivity index (χ0n) is 9.67. The molecule has 1 saturated heterocycles. The third kappa shape index (κ3) is 3.18. The summed E-state index contributed by atoms with van der Waals surface area (Å²) >= 11 is 1.29. The fourth-order valence-corrected chi connectivity index (χ4v) is 2.51. The lowest BCUT2D eigenvalue weighted by atomic mass is 10.3. The molecule has 1 aromatic heterocycles. The number of amides is 1. The Morgan fingerprint density at radius 3 is 2.72 bits per heavy atom. The van der Waals surface area contributed by atoms with Gasteiger partial charge < -0.3 is 14.7 Å². The molecule has 1 aromatic rings. The van der Waals surface area contributed by atoms with Crippen LogP contribution in [0.1, 0.15) is 14.5 Å². The van der Waals surface area contributed by atoms with Gasteiger partial charge in [-0.1, -0.05) is 0 Å². The van der Waals surface area contributed by atoms with Gasteiger partial charge in [0.05, 0.1) is 18.1 Å². The smallest absolute Gasteiger partial charge is 0.328 e. The minimum Gasteiger partial charge on any atom is -0.478 e. The zero-order chi connectivity index (χ0) is 13.0. The highest BCUT2D eigenvalue weighted by Crippen LogP contribution is 2.20. The van der Waals surface area contributed by atoms with Gasteiger partial charge in [0.25, 0.3) is 5.91 Å². The predicted octanol–water partition coefficient (Wildman–Crippen LogP) is 1.32. The molecule has 18 heavy (non-hydrogen) atoms. The number of hydrogen-bond donors (Lipinski definition) is 1. The minimum absolute atomic E-state index is 0.0155. The van der Waals surface area contributed by atoms with Crippen molar-refractivity contribution in [1.82, 2.24) is 4.90 Å². The van der Waals surface area contributed by atoms with E-state index in [0.29, 0.717) is 31.2 Å². The number of nitrogens with zero attached hydrogens (tertiary/aromatic N) is 1. The van der Waals surface area contributed by atoms with Gasteiger partial charge in [0.15, 0.2) is 0 Å². The van der Waals surface area contributed by atoms with Gasteiger partial charge in [-0.3, -0.25) is 4.79 Å². The van der Waals surface area contributed by atoms with Crippen molar-refractivity contribution in [3.8, 4) is 0 Å². The standard InChI is InChI=1S/C12H13NO4S/c14-11(15)4-2-9-1-3-10(18-9)12(16)13-5-7-17-8-6-13/h1-4H,5-8H2,(H,14,15)/b4-2+. The van der Waals surface area contributed by atoms with E-state index in [2.05, 4.69) is 0 Å². The van der Waals surface area contributed by atoms with Crippen LogP contribution in [0.2, 0.25) is 0 Å². The molecule has 1 fully saturated rings. The Morgan fingerprint density at radius 1 is 1.33 bits per heavy atom. The van der Waals surface area contributed by atoms with Crippen molar-refractivity contribution in [2.24, 2.45) is 0 Å². The van der Waals surface area contributed by atoms with Gasteiger partial charge in [0, 0.05) is 24.0 Å². The summed E-state index contributed by atoms with van der Waals surface area (Å²) in [5, 5.41) is 8.52. The Kier molecular flexibility index (Phi) is 4.11. The summed E-state index contributed by atoms with van der Waals surface area (Å²) in [5.41, 5.74) is 0. The largest absolute Gasteiger partial charge is 0.478 e. The second-order valence-corrected chi connectivity index (χ2v) is 4.89. The quantitative estimate of drug-likeness (QED) is 0.839. The Balaban J connectivity index is 2.04. The van der Waals surface area contributed by atoms with Crippen molar-refractivity contribution >= 4 is 29.3 Å². The highest BCUT2D eigenvalue weighted by atomic mass is 32.1. The first-order valence-electron chi connectivity index (χ1n) is 5.54. The number of carbonyl (C=O) groups is 2. The summed E-state index contributed by atoms with van der Waals surface area (Å²) < 4.78 is 5.19. The summed E-state index contributed by atoms with van der Waals surface area (Å²) in [6.45, 7) is 2.36. The summed E-state index contributed by atoms with van der Waals surface area (Å²) in [6.07, 6.45) is 2.55. The number of hydrogen-bond acceptors (Lipinski definition) is 4. The van der Waals surface area contributed by atoms with Crippen LogP contribution in [0, 0.1) is 0 Å². The maximum Gasteiger partial charge on any atom is 0.328 e. The molecule has 5 nitrogen and oxygen atoms in total. The Bertz CT molecular complexity index is 474. The van der Waals surface area contributed by atoms with Gasteiger partial charge in [0.1, 0.15) is 0 Å². The number of carboxylic acid groups (broad SMARTS) is 1. The SMILES string of the molecule is O=C(O)/C=C/c1ccc(C(=O)N2CCOCC2)s1. The van der Waals surface area contributed by atoms with Gasteiger partial charge in [-0.25, -0.2) is 4.79 Å². The molecule has 2 rings (SSSR count). The molecular weight excluding hydrogens is 254 g/mol. The van der Waals surface area contributed by atoms with Crippen molar-refractivity contribution in [2.75, 3.05) is 26.3 Å². The van der Waals surface area contributed by atoms with Crippen molar-refractivity contribution in [3.63, 3.8) is 0 Å². The fraction of sp³-hybridized carbons (Fsp3) is 0.333. The molecule has 1 amide bonds. The number of morpholine rings is 1. The maximum atomic E-state index is 12.1. The lowest BCUT2D eigenvalue weighted by Gasteiger charge is -2.26. The molecule has 0 aromatic carbocycles. The lowest BCUT2D eigenvalue weighted by Crippen LogP contribution is -2.40. The van der Waals surface area contributed by atoms with Crippen molar-refractivity contribution in [1.29, 1.82) is 0 Å². The number of carbonyl (C=O) groups excluding carboxylic acids is 1. The molecule has 0 unspecified atom stereocenters. The summed E-state index contributed by atoms with van der Waals surface area (Å²) in [5.74, 6) is -1.01. The van der Waals surface area contributed by atoms with E-state index in [4.69, 9.17) is 9.84 Å². The first-order chi connectivity index (χ1) is 8.66. The van der Waals surface area contributed by atoms with E-state index >= 15 is 0 Å². The number of thiophene rings is 1. The van der Waals surface area contributed by atoms with Crippen molar-refractivity contribution in [3.05, 3.63) is 28.0 Å². The van der Waals surface area contributed by atoms with Crippen LogP contribution in [0.3, 0.4) is 0 Å². The highest BCUT2D eigenvalue weighted by molar-refractivity contribution is 7.14. The normalized spacial score (nSPS) is 16.1. The van der Waals surface area contributed by atoms with E-state index in [1.54, 1.807) is 17.0 Å². The van der Waals surface area contributed by atoms with E-state index in [9.17, 15) is 9.59 Å². The molecule has 0 atom stereocenters. The molecule has 0 aliphatic carbocycles. The third-order valence-corrected chi connectivity index (χ3v) is 3.56. The van der Waals surface area contributed by atoms with Crippen molar-refractivity contribution < 1.29 is 19.4 Å². The van der Waals surface area contributed by atoms with E-state index < -0.39 is 5.97 Å². The number of carboxylic acids is 1. The van der Waals surface area contributed by atoms with Gasteiger partial charge in [-0.15, -0.1) is 11.3 Å². The van der Waals surface area contributed by atoms with Crippen LogP contribution < -0.4 is 0 Å². The van der Waals surface area contributed by atoms with Crippen molar-refractivity contribution in [2.45, 2.75) is 0 Å². The van der Waals surface area contributed by atoms with Crippen LogP contribution in [-0.4, -0.2) is 48.2 Å². The summed E-state index contributed by atoms with van der Waals surface area (Å²) in [6, 6.07) is 3.47. The average Bonchev–Trinajstić information content (AvgIpc) is 2.85. The zero-order valence-corrected chi connectivity index (χ0v) is 10.5. The first kappa shape index (κ1) is 12.8. The summed E-state index contributed by atoms with van der Waals surface area (Å²) in [4.78, 5) is 25.6. The second kappa shape index (κ2) is 5.79. The molecule has 0 spiro atoms. The molecule has 1 aliphatic heterocycles. The molecule has 0 saturated carbocycles. The first-order valence-corrected chi connectivity index (χ1v) is 6.36. The molecule has 2 heterocycles. The maximum absolute atomic E-state index is 12.1. The molecule has 0 bridgehead atoms. The predicted molar refractivity (Wildman–Crippen MR) is 67.7 cm³/mol. The number of ether oxygens (including phenoxy) is 1. The van der Waals surface area contributed by atoms with Crippen LogP contribution >= 0.6 is 11.3 Å². The number of aliphatic carboxylic acids is 1. The van der Waals surface area contributed by atoms with Crippen LogP contribution in [0.4, 0.5) is 0 Å². The lowest BCUT2D eigenvalue weighted by molar-refractivity contribution is -0.131. The van der Waals surface area contributed by atoms with E-state index in [1.165, 1.54) is 17.4 Å². The van der Waals surface area contributed by atoms with E-state index in [0.717, 1.165) is 11.0 Å². The van der Waals surface area contributed by atoms with Gasteiger partial charge in [-0.05, 0) is 18.2 Å². The molecule has 1 aliphatic rings. The van der Waals surface area contributed by atoms with Gasteiger partial charge in [-0.2, -0.15) is 0 Å². The monoisotopic (exact) mass is 267 g/mol. The fourth-order valence-electron chi connectivity index (χ4n) is 1.63.